The third-order valence-corrected chi connectivity index (χ3v) is 12.5. The second-order valence-corrected chi connectivity index (χ2v) is 15.8. The van der Waals surface area contributed by atoms with Crippen LogP contribution in [0.5, 0.6) is 0 Å². The standard InChI is InChI=1S/C53H32N4S/c1-4-16-33(17-5-1)43-31-46-49(39-24-12-10-22-37(39)43)41-26-14-15-27-45(41)57(46)36-28-29-42-47(30-36)58-48-32-44(38-23-11-13-25-40(38)50(42)48)53-55-51(34-18-6-2-7-19-34)54-52(56-53)35-20-8-3-9-21-35/h1-32H. The van der Waals surface area contributed by atoms with Gasteiger partial charge in [0.05, 0.1) is 11.0 Å². The molecule has 0 amide bonds. The van der Waals surface area contributed by atoms with E-state index in [9.17, 15) is 0 Å². The Bertz CT molecular complexity index is 3500. The molecule has 270 valence electrons. The maximum absolute atomic E-state index is 5.15. The maximum Gasteiger partial charge on any atom is 0.164 e. The first-order chi connectivity index (χ1) is 28.8. The quantitative estimate of drug-likeness (QED) is 0.176. The fourth-order valence-corrected chi connectivity index (χ4v) is 10.0. The lowest BCUT2D eigenvalue weighted by atomic mass is 9.95. The lowest BCUT2D eigenvalue weighted by Gasteiger charge is -2.12. The van der Waals surface area contributed by atoms with E-state index in [0.29, 0.717) is 17.5 Å². The summed E-state index contributed by atoms with van der Waals surface area (Å²) in [5.41, 5.74) is 8.89. The van der Waals surface area contributed by atoms with Crippen LogP contribution in [0.2, 0.25) is 0 Å². The molecule has 12 aromatic rings. The number of thiophene rings is 1. The van der Waals surface area contributed by atoms with Crippen molar-refractivity contribution in [2.24, 2.45) is 0 Å². The summed E-state index contributed by atoms with van der Waals surface area (Å²) in [4.78, 5) is 15.3. The molecule has 12 rings (SSSR count). The third-order valence-electron chi connectivity index (χ3n) is 11.4. The van der Waals surface area contributed by atoms with E-state index in [1.54, 1.807) is 0 Å². The predicted molar refractivity (Wildman–Crippen MR) is 244 cm³/mol. The highest BCUT2D eigenvalue weighted by molar-refractivity contribution is 7.26. The predicted octanol–water partition coefficient (Wildman–Crippen LogP) is 14.3. The van der Waals surface area contributed by atoms with Crippen LogP contribution in [-0.4, -0.2) is 19.5 Å². The van der Waals surface area contributed by atoms with Crippen LogP contribution in [0.25, 0.3) is 115 Å². The number of hydrogen-bond donors (Lipinski definition) is 0. The molecular formula is C53H32N4S. The van der Waals surface area contributed by atoms with Gasteiger partial charge in [0.25, 0.3) is 0 Å². The van der Waals surface area contributed by atoms with Crippen LogP contribution in [-0.2, 0) is 0 Å². The van der Waals surface area contributed by atoms with Gasteiger partial charge in [0.15, 0.2) is 17.5 Å². The summed E-state index contributed by atoms with van der Waals surface area (Å²) in [5, 5.41) is 9.86. The van der Waals surface area contributed by atoms with E-state index in [4.69, 9.17) is 15.0 Å². The largest absolute Gasteiger partial charge is 0.309 e. The van der Waals surface area contributed by atoms with Gasteiger partial charge >= 0.3 is 0 Å². The molecule has 3 aromatic heterocycles. The molecule has 0 fully saturated rings. The highest BCUT2D eigenvalue weighted by Gasteiger charge is 2.21. The van der Waals surface area contributed by atoms with Gasteiger partial charge in [0.2, 0.25) is 0 Å². The van der Waals surface area contributed by atoms with Gasteiger partial charge in [-0.05, 0) is 63.0 Å². The van der Waals surface area contributed by atoms with Crippen LogP contribution in [0.1, 0.15) is 0 Å². The first-order valence-electron chi connectivity index (χ1n) is 19.5. The molecule has 3 heterocycles. The zero-order valence-electron chi connectivity index (χ0n) is 31.2. The summed E-state index contributed by atoms with van der Waals surface area (Å²) in [7, 11) is 0. The van der Waals surface area contributed by atoms with Crippen LogP contribution < -0.4 is 0 Å². The highest BCUT2D eigenvalue weighted by Crippen LogP contribution is 2.45. The monoisotopic (exact) mass is 756 g/mol. The van der Waals surface area contributed by atoms with Gasteiger partial charge in [-0.25, -0.2) is 15.0 Å². The minimum atomic E-state index is 0.656. The van der Waals surface area contributed by atoms with E-state index < -0.39 is 0 Å². The fourth-order valence-electron chi connectivity index (χ4n) is 8.85. The van der Waals surface area contributed by atoms with Crippen molar-refractivity contribution in [1.29, 1.82) is 0 Å². The Labute approximate surface area is 338 Å². The Balaban J connectivity index is 1.10. The van der Waals surface area contributed by atoms with E-state index in [0.717, 1.165) is 27.8 Å². The smallest absolute Gasteiger partial charge is 0.164 e. The van der Waals surface area contributed by atoms with Gasteiger partial charge in [0.1, 0.15) is 0 Å². The van der Waals surface area contributed by atoms with Crippen molar-refractivity contribution in [3.8, 4) is 51.0 Å². The number of fused-ring (bicyclic) bond motifs is 10. The summed E-state index contributed by atoms with van der Waals surface area (Å²) < 4.78 is 4.89. The minimum absolute atomic E-state index is 0.656. The molecule has 0 saturated heterocycles. The molecule has 0 aliphatic rings. The number of benzene rings is 9. The Morgan fingerprint density at radius 3 is 1.50 bits per heavy atom. The second-order valence-electron chi connectivity index (χ2n) is 14.7. The van der Waals surface area contributed by atoms with Crippen molar-refractivity contribution in [2.45, 2.75) is 0 Å². The van der Waals surface area contributed by atoms with Crippen LogP contribution in [0.3, 0.4) is 0 Å². The average molecular weight is 757 g/mol. The summed E-state index contributed by atoms with van der Waals surface area (Å²) >= 11 is 1.83. The van der Waals surface area contributed by atoms with E-state index in [1.807, 2.05) is 47.7 Å². The summed E-state index contributed by atoms with van der Waals surface area (Å²) in [6, 6.07) is 69.1. The maximum atomic E-state index is 5.15. The lowest BCUT2D eigenvalue weighted by molar-refractivity contribution is 1.08. The van der Waals surface area contributed by atoms with Crippen molar-refractivity contribution in [2.75, 3.05) is 0 Å². The SMILES string of the molecule is c1ccc(-c2nc(-c3ccccc3)nc(-c3cc4sc5cc(-n6c7ccccc7c7c8ccccc8c(-c8ccccc8)cc76)ccc5c4c4ccccc34)n2)cc1. The molecule has 0 radical (unpaired) electrons. The molecule has 0 unspecified atom stereocenters. The third kappa shape index (κ3) is 5.11. The molecule has 0 aliphatic carbocycles. The lowest BCUT2D eigenvalue weighted by Crippen LogP contribution is -2.00. The number of rotatable bonds is 5. The van der Waals surface area contributed by atoms with Crippen molar-refractivity contribution < 1.29 is 0 Å². The van der Waals surface area contributed by atoms with E-state index in [-0.39, 0.29) is 0 Å². The molecule has 0 aliphatic heterocycles. The number of nitrogens with zero attached hydrogens (tertiary/aromatic N) is 4. The first-order valence-corrected chi connectivity index (χ1v) is 20.3. The molecule has 4 nitrogen and oxygen atoms in total. The van der Waals surface area contributed by atoms with Crippen LogP contribution >= 0.6 is 11.3 Å². The molecule has 0 saturated carbocycles. The number of para-hydroxylation sites is 1. The van der Waals surface area contributed by atoms with E-state index >= 15 is 0 Å². The van der Waals surface area contributed by atoms with Crippen LogP contribution in [0.4, 0.5) is 0 Å². The van der Waals surface area contributed by atoms with Crippen molar-refractivity contribution in [3.63, 3.8) is 0 Å². The summed E-state index contributed by atoms with van der Waals surface area (Å²) in [6.45, 7) is 0. The summed E-state index contributed by atoms with van der Waals surface area (Å²) in [6.07, 6.45) is 0. The highest BCUT2D eigenvalue weighted by atomic mass is 32.1. The van der Waals surface area contributed by atoms with E-state index in [2.05, 4.69) is 162 Å². The molecule has 0 N–H and O–H groups in total. The van der Waals surface area contributed by atoms with Crippen molar-refractivity contribution in [3.05, 3.63) is 194 Å². The average Bonchev–Trinajstić information content (AvgIpc) is 3.84. The second kappa shape index (κ2) is 13.1. The Hall–Kier alpha value is -7.47. The van der Waals surface area contributed by atoms with Gasteiger partial charge in [-0.2, -0.15) is 0 Å². The summed E-state index contributed by atoms with van der Waals surface area (Å²) in [5.74, 6) is 1.98. The molecular weight excluding hydrogens is 725 g/mol. The van der Waals surface area contributed by atoms with E-state index in [1.165, 1.54) is 69.3 Å². The molecule has 5 heteroatoms. The zero-order valence-corrected chi connectivity index (χ0v) is 32.0. The minimum Gasteiger partial charge on any atom is -0.309 e. The zero-order chi connectivity index (χ0) is 38.2. The van der Waals surface area contributed by atoms with Crippen molar-refractivity contribution >= 4 is 74.9 Å². The Morgan fingerprint density at radius 2 is 0.845 bits per heavy atom. The molecule has 0 atom stereocenters. The van der Waals surface area contributed by atoms with Gasteiger partial charge in [-0.1, -0.05) is 164 Å². The first kappa shape index (κ1) is 32.7. The van der Waals surface area contributed by atoms with Crippen LogP contribution in [0.15, 0.2) is 194 Å². The number of aromatic nitrogens is 4. The van der Waals surface area contributed by atoms with Gasteiger partial charge in [0, 0.05) is 53.3 Å². The fraction of sp³-hybridized carbons (Fsp3) is 0. The normalized spacial score (nSPS) is 11.8. The Kier molecular flexibility index (Phi) is 7.37. The number of hydrogen-bond acceptors (Lipinski definition) is 4. The molecule has 9 aromatic carbocycles. The van der Waals surface area contributed by atoms with Crippen molar-refractivity contribution in [1.82, 2.24) is 19.5 Å². The molecule has 0 bridgehead atoms. The molecule has 58 heavy (non-hydrogen) atoms. The van der Waals surface area contributed by atoms with Gasteiger partial charge in [-0.3, -0.25) is 0 Å². The van der Waals surface area contributed by atoms with Gasteiger partial charge in [-0.15, -0.1) is 11.3 Å². The topological polar surface area (TPSA) is 43.6 Å². The molecule has 0 spiro atoms. The Morgan fingerprint density at radius 1 is 0.328 bits per heavy atom. The van der Waals surface area contributed by atoms with Crippen LogP contribution in [0, 0.1) is 0 Å². The van der Waals surface area contributed by atoms with Gasteiger partial charge < -0.3 is 4.57 Å².